The van der Waals surface area contributed by atoms with Crippen molar-refractivity contribution in [3.8, 4) is 0 Å². The molecular weight excluding hydrogens is 137 g/mol. The van der Waals surface area contributed by atoms with Crippen LogP contribution >= 0.6 is 0 Å². The summed E-state index contributed by atoms with van der Waals surface area (Å²) in [6.07, 6.45) is 2.57. The maximum absolute atomic E-state index is 4.27. The van der Waals surface area contributed by atoms with Crippen LogP contribution in [0.2, 0.25) is 0 Å². The van der Waals surface area contributed by atoms with E-state index in [9.17, 15) is 0 Å². The Labute approximate surface area is 100 Å². The van der Waals surface area contributed by atoms with E-state index in [-0.39, 0.29) is 51.4 Å². The molecule has 0 bridgehead atoms. The second kappa shape index (κ2) is 4.47. The van der Waals surface area contributed by atoms with Gasteiger partial charge >= 0.3 is 51.4 Å². The first kappa shape index (κ1) is 10.6. The van der Waals surface area contributed by atoms with Crippen molar-refractivity contribution in [2.24, 2.45) is 5.41 Å². The fourth-order valence-electron chi connectivity index (χ4n) is 1.00. The number of hydrogen-bond donors (Lipinski definition) is 0. The molecule has 0 unspecified atom stereocenters. The zero-order chi connectivity index (χ0) is 6.04. The molecule has 48 valence electrons. The van der Waals surface area contributed by atoms with Gasteiger partial charge in [-0.15, -0.1) is 13.1 Å². The molecule has 0 amide bonds. The molecule has 1 nitrogen and oxygen atoms in total. The summed E-state index contributed by atoms with van der Waals surface area (Å²) in [4.78, 5) is 0. The van der Waals surface area contributed by atoms with E-state index in [1.165, 1.54) is 12.8 Å². The summed E-state index contributed by atoms with van der Waals surface area (Å²) in [5.74, 6) is 0. The molecule has 0 radical (unpaired) electrons. The molecule has 1 fully saturated rings. The Morgan fingerprint density at radius 2 is 1.56 bits per heavy atom. The first-order valence-electron chi connectivity index (χ1n) is 3.34. The zero-order valence-electron chi connectivity index (χ0n) is 6.78. The second-order valence-electron chi connectivity index (χ2n) is 3.34. The molecule has 0 N–H and O–H groups in total. The predicted molar refractivity (Wildman–Crippen MR) is 36.1 cm³/mol. The molecule has 0 aromatic carbocycles. The van der Waals surface area contributed by atoms with Gasteiger partial charge < -0.3 is 5.32 Å². The fourth-order valence-corrected chi connectivity index (χ4v) is 1.00. The predicted octanol–water partition coefficient (Wildman–Crippen LogP) is -0.816. The number of rotatable bonds is 0. The summed E-state index contributed by atoms with van der Waals surface area (Å²) in [5, 5.41) is 4.27. The average molecular weight is 151 g/mol. The molecule has 9 heavy (non-hydrogen) atoms. The molecule has 1 heterocycles. The monoisotopic (exact) mass is 151 g/mol. The van der Waals surface area contributed by atoms with Crippen molar-refractivity contribution in [1.29, 1.82) is 0 Å². The van der Waals surface area contributed by atoms with Crippen LogP contribution in [0, 0.1) is 5.41 Å². The number of piperidine rings is 1. The molecule has 0 spiro atoms. The molecule has 0 aliphatic carbocycles. The Hall–Kier alpha value is 1.60. The van der Waals surface area contributed by atoms with Crippen LogP contribution in [-0.2, 0) is 0 Å². The molecule has 2 heteroatoms. The van der Waals surface area contributed by atoms with Crippen LogP contribution in [0.5, 0.6) is 0 Å². The van der Waals surface area contributed by atoms with Crippen LogP contribution in [0.3, 0.4) is 0 Å². The van der Waals surface area contributed by atoms with Crippen molar-refractivity contribution >= 4 is 0 Å². The zero-order valence-corrected chi connectivity index (χ0v) is 9.90. The minimum absolute atomic E-state index is 0. The minimum atomic E-state index is 0. The molecule has 1 aliphatic heterocycles. The quantitative estimate of drug-likeness (QED) is 0.402. The van der Waals surface area contributed by atoms with Gasteiger partial charge in [0.15, 0.2) is 0 Å². The van der Waals surface area contributed by atoms with Crippen LogP contribution in [0.4, 0.5) is 0 Å². The van der Waals surface area contributed by atoms with Crippen LogP contribution < -0.4 is 51.4 Å². The molecule has 1 rings (SSSR count). The topological polar surface area (TPSA) is 14.1 Å². The van der Waals surface area contributed by atoms with Crippen molar-refractivity contribution in [3.05, 3.63) is 5.32 Å². The summed E-state index contributed by atoms with van der Waals surface area (Å²) in [6.45, 7) is 6.82. The first-order chi connectivity index (χ1) is 3.71. The van der Waals surface area contributed by atoms with Gasteiger partial charge in [-0.3, -0.25) is 0 Å². The fraction of sp³-hybridized carbons (Fsp3) is 1.00. The Bertz CT molecular complexity index is 73.0. The van der Waals surface area contributed by atoms with E-state index in [0.29, 0.717) is 5.41 Å². The summed E-state index contributed by atoms with van der Waals surface area (Å²) in [7, 11) is 0. The standard InChI is InChI=1S/C7H14N.K/c1-7(2)3-5-8-6-4-7;/h3-6H2,1-2H3;/q-1;+1. The first-order valence-corrected chi connectivity index (χ1v) is 3.34. The van der Waals surface area contributed by atoms with Gasteiger partial charge in [0, 0.05) is 0 Å². The molecule has 0 atom stereocenters. The average Bonchev–Trinajstić information content (AvgIpc) is 1.65. The third-order valence-corrected chi connectivity index (χ3v) is 1.89. The number of hydrogen-bond acceptors (Lipinski definition) is 0. The molecular formula is C7H14KN. The smallest absolute Gasteiger partial charge is 0.662 e. The third-order valence-electron chi connectivity index (χ3n) is 1.89. The van der Waals surface area contributed by atoms with Crippen molar-refractivity contribution in [2.75, 3.05) is 13.1 Å². The van der Waals surface area contributed by atoms with E-state index in [1.807, 2.05) is 0 Å². The second-order valence-corrected chi connectivity index (χ2v) is 3.34. The van der Waals surface area contributed by atoms with E-state index < -0.39 is 0 Å². The van der Waals surface area contributed by atoms with Crippen molar-refractivity contribution in [1.82, 2.24) is 0 Å². The van der Waals surface area contributed by atoms with Crippen LogP contribution in [0.1, 0.15) is 26.7 Å². The summed E-state index contributed by atoms with van der Waals surface area (Å²) >= 11 is 0. The summed E-state index contributed by atoms with van der Waals surface area (Å²) < 4.78 is 0. The Balaban J connectivity index is 0.000000640. The van der Waals surface area contributed by atoms with Gasteiger partial charge in [-0.2, -0.15) is 0 Å². The van der Waals surface area contributed by atoms with Gasteiger partial charge in [0.25, 0.3) is 0 Å². The maximum atomic E-state index is 4.27. The molecule has 0 saturated carbocycles. The Morgan fingerprint density at radius 3 is 1.78 bits per heavy atom. The van der Waals surface area contributed by atoms with E-state index in [4.69, 9.17) is 0 Å². The summed E-state index contributed by atoms with van der Waals surface area (Å²) in [5.41, 5.74) is 0.585. The van der Waals surface area contributed by atoms with Gasteiger partial charge in [-0.05, 0) is 5.41 Å². The van der Waals surface area contributed by atoms with Gasteiger partial charge in [-0.1, -0.05) is 26.7 Å². The van der Waals surface area contributed by atoms with Gasteiger partial charge in [0.2, 0.25) is 0 Å². The van der Waals surface area contributed by atoms with Crippen molar-refractivity contribution in [2.45, 2.75) is 26.7 Å². The van der Waals surface area contributed by atoms with Crippen LogP contribution in [0.15, 0.2) is 0 Å². The normalized spacial score (nSPS) is 24.7. The molecule has 1 aliphatic rings. The summed E-state index contributed by atoms with van der Waals surface area (Å²) in [6, 6.07) is 0. The van der Waals surface area contributed by atoms with Crippen molar-refractivity contribution in [3.63, 3.8) is 0 Å². The molecule has 1 saturated heterocycles. The van der Waals surface area contributed by atoms with Crippen LogP contribution in [-0.4, -0.2) is 13.1 Å². The Morgan fingerprint density at radius 1 is 1.11 bits per heavy atom. The van der Waals surface area contributed by atoms with E-state index in [2.05, 4.69) is 19.2 Å². The molecule has 0 aromatic heterocycles. The van der Waals surface area contributed by atoms with E-state index in [1.54, 1.807) is 0 Å². The van der Waals surface area contributed by atoms with Gasteiger partial charge in [-0.25, -0.2) is 0 Å². The molecule has 0 aromatic rings. The van der Waals surface area contributed by atoms with Gasteiger partial charge in [0.1, 0.15) is 0 Å². The van der Waals surface area contributed by atoms with Crippen molar-refractivity contribution < 1.29 is 51.4 Å². The van der Waals surface area contributed by atoms with E-state index >= 15 is 0 Å². The van der Waals surface area contributed by atoms with Crippen LogP contribution in [0.25, 0.3) is 5.32 Å². The Kier molecular flexibility index (Phi) is 5.26. The van der Waals surface area contributed by atoms with E-state index in [0.717, 1.165) is 13.1 Å². The third kappa shape index (κ3) is 4.12. The maximum Gasteiger partial charge on any atom is 1.00 e. The van der Waals surface area contributed by atoms with Gasteiger partial charge in [0.05, 0.1) is 0 Å². The minimum Gasteiger partial charge on any atom is -0.662 e. The largest absolute Gasteiger partial charge is 1.00 e. The number of nitrogens with zero attached hydrogens (tertiary/aromatic N) is 1. The SMILES string of the molecule is CC1(C)CC[N-]CC1.[K+].